The first-order valence-electron chi connectivity index (χ1n) is 4.57. The number of benzene rings is 1. The normalized spacial score (nSPS) is 10.3. The van der Waals surface area contributed by atoms with Crippen molar-refractivity contribution in [1.82, 2.24) is 4.98 Å². The highest BCUT2D eigenvalue weighted by Crippen LogP contribution is 2.27. The quantitative estimate of drug-likeness (QED) is 0.946. The number of hydrogen-bond acceptors (Lipinski definition) is 3. The monoisotopic (exact) mass is 297 g/mol. The Morgan fingerprint density at radius 3 is 3.00 bits per heavy atom. The number of halogens is 1. The lowest BCUT2D eigenvalue weighted by atomic mass is 10.2. The van der Waals surface area contributed by atoms with Gasteiger partial charge in [0, 0.05) is 21.1 Å². The van der Waals surface area contributed by atoms with E-state index in [1.807, 2.05) is 24.3 Å². The molecule has 2 aromatic rings. The van der Waals surface area contributed by atoms with Gasteiger partial charge in [0.25, 0.3) is 0 Å². The van der Waals surface area contributed by atoms with Crippen molar-refractivity contribution in [3.63, 3.8) is 0 Å². The molecule has 3 nitrogen and oxygen atoms in total. The molecular formula is C11H8BrNO2S. The molecule has 5 heteroatoms. The van der Waals surface area contributed by atoms with Crippen molar-refractivity contribution >= 4 is 33.2 Å². The number of aliphatic carboxylic acids is 1. The van der Waals surface area contributed by atoms with Crippen LogP contribution in [-0.4, -0.2) is 16.1 Å². The lowest BCUT2D eigenvalue weighted by Gasteiger charge is -1.95. The molecule has 0 amide bonds. The van der Waals surface area contributed by atoms with Gasteiger partial charge in [-0.2, -0.15) is 0 Å². The zero-order chi connectivity index (χ0) is 11.5. The van der Waals surface area contributed by atoms with E-state index >= 15 is 0 Å². The average Bonchev–Trinajstić information content (AvgIpc) is 2.65. The number of thiazole rings is 1. The number of rotatable bonds is 3. The summed E-state index contributed by atoms with van der Waals surface area (Å²) in [5.74, 6) is -0.829. The van der Waals surface area contributed by atoms with Crippen molar-refractivity contribution in [3.05, 3.63) is 39.8 Å². The van der Waals surface area contributed by atoms with E-state index in [-0.39, 0.29) is 6.42 Å². The molecule has 0 spiro atoms. The van der Waals surface area contributed by atoms with Crippen LogP contribution in [0.4, 0.5) is 0 Å². The van der Waals surface area contributed by atoms with Crippen LogP contribution in [0.5, 0.6) is 0 Å². The van der Waals surface area contributed by atoms with E-state index in [4.69, 9.17) is 5.11 Å². The zero-order valence-corrected chi connectivity index (χ0v) is 10.6. The van der Waals surface area contributed by atoms with E-state index in [9.17, 15) is 4.79 Å². The molecule has 0 aliphatic carbocycles. The van der Waals surface area contributed by atoms with E-state index in [1.54, 1.807) is 6.20 Å². The molecule has 2 rings (SSSR count). The summed E-state index contributed by atoms with van der Waals surface area (Å²) in [6, 6.07) is 7.78. The Bertz CT molecular complexity index is 524. The molecule has 0 radical (unpaired) electrons. The van der Waals surface area contributed by atoms with Crippen molar-refractivity contribution in [1.29, 1.82) is 0 Å². The predicted molar refractivity (Wildman–Crippen MR) is 66.6 cm³/mol. The maximum Gasteiger partial charge on any atom is 0.308 e. The summed E-state index contributed by atoms with van der Waals surface area (Å²) in [7, 11) is 0. The zero-order valence-electron chi connectivity index (χ0n) is 8.18. The van der Waals surface area contributed by atoms with E-state index in [2.05, 4.69) is 20.9 Å². The van der Waals surface area contributed by atoms with Crippen LogP contribution in [0.3, 0.4) is 0 Å². The van der Waals surface area contributed by atoms with Gasteiger partial charge >= 0.3 is 5.97 Å². The van der Waals surface area contributed by atoms with Crippen molar-refractivity contribution in [2.45, 2.75) is 6.42 Å². The Morgan fingerprint density at radius 1 is 1.50 bits per heavy atom. The fourth-order valence-electron chi connectivity index (χ4n) is 1.29. The van der Waals surface area contributed by atoms with Crippen LogP contribution in [0.1, 0.15) is 4.88 Å². The molecule has 0 unspecified atom stereocenters. The summed E-state index contributed by atoms with van der Waals surface area (Å²) in [6.07, 6.45) is 1.65. The van der Waals surface area contributed by atoms with Gasteiger partial charge < -0.3 is 5.11 Å². The van der Waals surface area contributed by atoms with Crippen LogP contribution in [0.15, 0.2) is 34.9 Å². The molecule has 82 valence electrons. The van der Waals surface area contributed by atoms with Gasteiger partial charge in [-0.05, 0) is 12.1 Å². The van der Waals surface area contributed by atoms with Crippen molar-refractivity contribution < 1.29 is 9.90 Å². The molecule has 1 N–H and O–H groups in total. The van der Waals surface area contributed by atoms with Gasteiger partial charge in [-0.25, -0.2) is 4.98 Å². The minimum Gasteiger partial charge on any atom is -0.481 e. The van der Waals surface area contributed by atoms with Gasteiger partial charge in [0.1, 0.15) is 5.01 Å². The summed E-state index contributed by atoms with van der Waals surface area (Å²) in [6.45, 7) is 0. The third-order valence-corrected chi connectivity index (χ3v) is 3.49. The third-order valence-electron chi connectivity index (χ3n) is 1.95. The number of carbonyl (C=O) groups is 1. The van der Waals surface area contributed by atoms with Gasteiger partial charge in [-0.1, -0.05) is 28.1 Å². The van der Waals surface area contributed by atoms with E-state index in [0.717, 1.165) is 19.9 Å². The second kappa shape index (κ2) is 4.76. The molecule has 1 heterocycles. The topological polar surface area (TPSA) is 50.2 Å². The molecule has 16 heavy (non-hydrogen) atoms. The van der Waals surface area contributed by atoms with E-state index in [0.29, 0.717) is 0 Å². The van der Waals surface area contributed by atoms with Gasteiger partial charge in [-0.3, -0.25) is 4.79 Å². The Labute approximate surface area is 105 Å². The summed E-state index contributed by atoms with van der Waals surface area (Å²) in [5, 5.41) is 9.51. The number of nitrogens with zero attached hydrogens (tertiary/aromatic N) is 1. The van der Waals surface area contributed by atoms with Gasteiger partial charge in [-0.15, -0.1) is 11.3 Å². The van der Waals surface area contributed by atoms with Crippen LogP contribution in [0.2, 0.25) is 0 Å². The Morgan fingerprint density at radius 2 is 2.31 bits per heavy atom. The van der Waals surface area contributed by atoms with Crippen LogP contribution < -0.4 is 0 Å². The van der Waals surface area contributed by atoms with Crippen LogP contribution in [0, 0.1) is 0 Å². The van der Waals surface area contributed by atoms with Gasteiger partial charge in [0.2, 0.25) is 0 Å². The molecule has 0 saturated carbocycles. The van der Waals surface area contributed by atoms with Gasteiger partial charge in [0.05, 0.1) is 6.42 Å². The molecule has 0 saturated heterocycles. The maximum absolute atomic E-state index is 10.5. The average molecular weight is 298 g/mol. The summed E-state index contributed by atoms with van der Waals surface area (Å²) in [5.41, 5.74) is 0.996. The SMILES string of the molecule is O=C(O)Cc1cnc(-c2cccc(Br)c2)s1. The molecule has 0 bridgehead atoms. The molecule has 0 fully saturated rings. The molecule has 0 atom stereocenters. The van der Waals surface area contributed by atoms with Crippen molar-refractivity contribution in [2.75, 3.05) is 0 Å². The number of carboxylic acids is 1. The lowest BCUT2D eigenvalue weighted by molar-refractivity contribution is -0.136. The number of aromatic nitrogens is 1. The lowest BCUT2D eigenvalue weighted by Crippen LogP contribution is -1.97. The van der Waals surface area contributed by atoms with Crippen LogP contribution in [-0.2, 0) is 11.2 Å². The fraction of sp³-hybridized carbons (Fsp3) is 0.0909. The summed E-state index contributed by atoms with van der Waals surface area (Å²) < 4.78 is 0.986. The summed E-state index contributed by atoms with van der Waals surface area (Å²) >= 11 is 4.80. The molecular weight excluding hydrogens is 290 g/mol. The maximum atomic E-state index is 10.5. The minimum atomic E-state index is -0.829. The standard InChI is InChI=1S/C11H8BrNO2S/c12-8-3-1-2-7(4-8)11-13-6-9(16-11)5-10(14)15/h1-4,6H,5H2,(H,14,15). The number of hydrogen-bond donors (Lipinski definition) is 1. The van der Waals surface area contributed by atoms with Crippen molar-refractivity contribution in [3.8, 4) is 10.6 Å². The highest BCUT2D eigenvalue weighted by Gasteiger charge is 2.07. The summed E-state index contributed by atoms with van der Waals surface area (Å²) in [4.78, 5) is 15.5. The second-order valence-corrected chi connectivity index (χ2v) is 5.24. The van der Waals surface area contributed by atoms with Crippen LogP contribution >= 0.6 is 27.3 Å². The second-order valence-electron chi connectivity index (χ2n) is 3.21. The van der Waals surface area contributed by atoms with Crippen molar-refractivity contribution in [2.24, 2.45) is 0 Å². The fourth-order valence-corrected chi connectivity index (χ4v) is 2.59. The first-order valence-corrected chi connectivity index (χ1v) is 6.18. The highest BCUT2D eigenvalue weighted by molar-refractivity contribution is 9.10. The Balaban J connectivity index is 2.28. The largest absolute Gasteiger partial charge is 0.481 e. The van der Waals surface area contributed by atoms with E-state index in [1.165, 1.54) is 11.3 Å². The third kappa shape index (κ3) is 2.68. The van der Waals surface area contributed by atoms with Gasteiger partial charge in [0.15, 0.2) is 0 Å². The first kappa shape index (κ1) is 11.3. The molecule has 1 aromatic carbocycles. The molecule has 0 aliphatic rings. The van der Waals surface area contributed by atoms with E-state index < -0.39 is 5.97 Å². The predicted octanol–water partition coefficient (Wildman–Crippen LogP) is 3.20. The van der Waals surface area contributed by atoms with Crippen LogP contribution in [0.25, 0.3) is 10.6 Å². The smallest absolute Gasteiger partial charge is 0.308 e. The molecule has 1 aromatic heterocycles. The Kier molecular flexibility index (Phi) is 3.36. The molecule has 0 aliphatic heterocycles. The number of carboxylic acid groups (broad SMARTS) is 1. The highest BCUT2D eigenvalue weighted by atomic mass is 79.9. The minimum absolute atomic E-state index is 0.0334. The first-order chi connectivity index (χ1) is 7.65. The Hall–Kier alpha value is -1.20.